The number of para-hydroxylation sites is 1. The molecule has 6 nitrogen and oxygen atoms in total. The molecule has 29 heavy (non-hydrogen) atoms. The van der Waals surface area contributed by atoms with Crippen LogP contribution >= 0.6 is 0 Å². The van der Waals surface area contributed by atoms with Crippen LogP contribution in [0.25, 0.3) is 0 Å². The van der Waals surface area contributed by atoms with E-state index < -0.39 is 5.91 Å². The first-order valence-corrected chi connectivity index (χ1v) is 9.66. The average Bonchev–Trinajstić information content (AvgIpc) is 2.67. The molecule has 2 heterocycles. The summed E-state index contributed by atoms with van der Waals surface area (Å²) in [6, 6.07) is 10.5. The van der Waals surface area contributed by atoms with Gasteiger partial charge >= 0.3 is 0 Å². The number of hydrogen-bond acceptors (Lipinski definition) is 4. The maximum Gasteiger partial charge on any atom is 0.250 e. The molecule has 0 bridgehead atoms. The van der Waals surface area contributed by atoms with E-state index in [1.54, 1.807) is 41.6 Å². The van der Waals surface area contributed by atoms with Crippen molar-refractivity contribution in [3.63, 3.8) is 0 Å². The Hall–Kier alpha value is -3.28. The highest BCUT2D eigenvalue weighted by Gasteiger charge is 2.44. The van der Waals surface area contributed by atoms with Gasteiger partial charge in [-0.25, -0.2) is 0 Å². The maximum atomic E-state index is 13.3. The fourth-order valence-electron chi connectivity index (χ4n) is 4.45. The number of primary amides is 1. The van der Waals surface area contributed by atoms with Gasteiger partial charge < -0.3 is 5.73 Å². The number of pyridine rings is 1. The van der Waals surface area contributed by atoms with E-state index in [2.05, 4.69) is 4.98 Å². The Morgan fingerprint density at radius 2 is 1.79 bits per heavy atom. The van der Waals surface area contributed by atoms with Crippen LogP contribution in [-0.4, -0.2) is 22.6 Å². The third-order valence-electron chi connectivity index (χ3n) is 5.66. The van der Waals surface area contributed by atoms with Gasteiger partial charge in [0, 0.05) is 42.4 Å². The average molecular weight is 389 g/mol. The molecular weight excluding hydrogens is 366 g/mol. The van der Waals surface area contributed by atoms with Gasteiger partial charge in [-0.3, -0.25) is 24.3 Å². The standard InChI is InChI=1S/C23H23N3O3/c1-23(2)12-18-21(19(27)13-23)16(14-7-9-25-10-8-14)11-20(28)26(18)17-6-4-3-5-15(17)22(24)29/h3-10,16H,11-13H2,1-2H3,(H2,24,29). The van der Waals surface area contributed by atoms with Gasteiger partial charge in [-0.05, 0) is 41.7 Å². The molecule has 2 aromatic rings. The zero-order valence-corrected chi connectivity index (χ0v) is 16.5. The smallest absolute Gasteiger partial charge is 0.250 e. The summed E-state index contributed by atoms with van der Waals surface area (Å²) in [4.78, 5) is 44.2. The van der Waals surface area contributed by atoms with E-state index in [4.69, 9.17) is 5.73 Å². The fraction of sp³-hybridized carbons (Fsp3) is 0.304. The minimum atomic E-state index is -0.604. The van der Waals surface area contributed by atoms with Gasteiger partial charge in [-0.15, -0.1) is 0 Å². The van der Waals surface area contributed by atoms with E-state index >= 15 is 0 Å². The molecule has 1 aromatic carbocycles. The second-order valence-corrected chi connectivity index (χ2v) is 8.45. The molecule has 2 N–H and O–H groups in total. The van der Waals surface area contributed by atoms with Crippen molar-refractivity contribution in [2.45, 2.75) is 39.0 Å². The molecule has 1 unspecified atom stereocenters. The number of amides is 2. The largest absolute Gasteiger partial charge is 0.366 e. The summed E-state index contributed by atoms with van der Waals surface area (Å²) >= 11 is 0. The lowest BCUT2D eigenvalue weighted by Crippen LogP contribution is -2.44. The summed E-state index contributed by atoms with van der Waals surface area (Å²) in [6.45, 7) is 4.04. The van der Waals surface area contributed by atoms with Crippen LogP contribution in [0.4, 0.5) is 5.69 Å². The van der Waals surface area contributed by atoms with Crippen molar-refractivity contribution in [2.24, 2.45) is 11.1 Å². The number of nitrogens with zero attached hydrogens (tertiary/aromatic N) is 2. The SMILES string of the molecule is CC1(C)CC(=O)C2=C(C1)N(c1ccccc1C(N)=O)C(=O)CC2c1ccncc1. The summed E-state index contributed by atoms with van der Waals surface area (Å²) < 4.78 is 0. The number of ketones is 1. The third kappa shape index (κ3) is 3.35. The minimum Gasteiger partial charge on any atom is -0.366 e. The predicted octanol–water partition coefficient (Wildman–Crippen LogP) is 3.34. The number of aromatic nitrogens is 1. The molecule has 2 amide bonds. The molecule has 1 aliphatic heterocycles. The highest BCUT2D eigenvalue weighted by molar-refractivity contribution is 6.10. The number of Topliss-reactive ketones (excluding diaryl/α,β-unsaturated/α-hetero) is 1. The Morgan fingerprint density at radius 3 is 2.48 bits per heavy atom. The van der Waals surface area contributed by atoms with Crippen molar-refractivity contribution >= 4 is 23.3 Å². The van der Waals surface area contributed by atoms with Crippen molar-refractivity contribution in [3.05, 3.63) is 71.2 Å². The zero-order valence-electron chi connectivity index (χ0n) is 16.5. The molecule has 0 saturated heterocycles. The monoisotopic (exact) mass is 389 g/mol. The molecule has 1 atom stereocenters. The molecule has 1 aromatic heterocycles. The van der Waals surface area contributed by atoms with Gasteiger partial charge in [0.1, 0.15) is 0 Å². The van der Waals surface area contributed by atoms with Gasteiger partial charge in [-0.2, -0.15) is 0 Å². The van der Waals surface area contributed by atoms with Crippen LogP contribution in [0, 0.1) is 5.41 Å². The number of nitrogens with two attached hydrogens (primary N) is 1. The van der Waals surface area contributed by atoms with Crippen molar-refractivity contribution in [1.29, 1.82) is 0 Å². The highest BCUT2D eigenvalue weighted by Crippen LogP contribution is 2.48. The lowest BCUT2D eigenvalue weighted by atomic mass is 9.69. The van der Waals surface area contributed by atoms with Crippen LogP contribution < -0.4 is 10.6 Å². The molecule has 0 fully saturated rings. The summed E-state index contributed by atoms with van der Waals surface area (Å²) in [5.74, 6) is -1.01. The summed E-state index contributed by atoms with van der Waals surface area (Å²) in [5, 5.41) is 0. The van der Waals surface area contributed by atoms with Crippen LogP contribution in [0.3, 0.4) is 0 Å². The van der Waals surface area contributed by atoms with Crippen LogP contribution in [-0.2, 0) is 9.59 Å². The number of rotatable bonds is 3. The van der Waals surface area contributed by atoms with E-state index in [0.29, 0.717) is 29.8 Å². The highest BCUT2D eigenvalue weighted by atomic mass is 16.2. The summed E-state index contributed by atoms with van der Waals surface area (Å²) in [5.41, 5.74) is 8.24. The maximum absolute atomic E-state index is 13.3. The molecule has 0 saturated carbocycles. The van der Waals surface area contributed by atoms with Gasteiger partial charge in [0.05, 0.1) is 11.3 Å². The Balaban J connectivity index is 1.94. The summed E-state index contributed by atoms with van der Waals surface area (Å²) in [6.07, 6.45) is 4.49. The van der Waals surface area contributed by atoms with Crippen molar-refractivity contribution in [3.8, 4) is 0 Å². The Labute approximate surface area is 169 Å². The number of allylic oxidation sites excluding steroid dienone is 2. The van der Waals surface area contributed by atoms with Crippen molar-refractivity contribution in [1.82, 2.24) is 4.98 Å². The number of carbonyl (C=O) groups is 3. The van der Waals surface area contributed by atoms with Crippen LogP contribution in [0.5, 0.6) is 0 Å². The molecule has 0 radical (unpaired) electrons. The number of hydrogen-bond donors (Lipinski definition) is 1. The Kier molecular flexibility index (Phi) is 4.57. The first-order chi connectivity index (χ1) is 13.8. The van der Waals surface area contributed by atoms with E-state index in [1.807, 2.05) is 26.0 Å². The van der Waals surface area contributed by atoms with Crippen LogP contribution in [0.1, 0.15) is 54.9 Å². The third-order valence-corrected chi connectivity index (χ3v) is 5.66. The van der Waals surface area contributed by atoms with Crippen molar-refractivity contribution in [2.75, 3.05) is 4.90 Å². The Morgan fingerprint density at radius 1 is 1.10 bits per heavy atom. The van der Waals surface area contributed by atoms with E-state index in [-0.39, 0.29) is 35.0 Å². The van der Waals surface area contributed by atoms with Gasteiger partial charge in [-0.1, -0.05) is 26.0 Å². The van der Waals surface area contributed by atoms with E-state index in [0.717, 1.165) is 5.56 Å². The van der Waals surface area contributed by atoms with Crippen LogP contribution in [0.15, 0.2) is 60.1 Å². The van der Waals surface area contributed by atoms with Gasteiger partial charge in [0.15, 0.2) is 5.78 Å². The lowest BCUT2D eigenvalue weighted by molar-refractivity contribution is -0.121. The Bertz CT molecular complexity index is 1040. The number of carbonyl (C=O) groups excluding carboxylic acids is 3. The predicted molar refractivity (Wildman–Crippen MR) is 109 cm³/mol. The first-order valence-electron chi connectivity index (χ1n) is 9.66. The molecule has 2 aliphatic rings. The number of benzene rings is 1. The molecule has 148 valence electrons. The summed E-state index contributed by atoms with van der Waals surface area (Å²) in [7, 11) is 0. The number of anilines is 1. The minimum absolute atomic E-state index is 0.0483. The normalized spacial score (nSPS) is 21.2. The van der Waals surface area contributed by atoms with Crippen LogP contribution in [0.2, 0.25) is 0 Å². The van der Waals surface area contributed by atoms with Crippen molar-refractivity contribution < 1.29 is 14.4 Å². The van der Waals surface area contributed by atoms with Gasteiger partial charge in [0.25, 0.3) is 5.91 Å². The lowest BCUT2D eigenvalue weighted by Gasteiger charge is -2.43. The van der Waals surface area contributed by atoms with Gasteiger partial charge in [0.2, 0.25) is 5.91 Å². The molecular formula is C23H23N3O3. The topological polar surface area (TPSA) is 93.4 Å². The second-order valence-electron chi connectivity index (χ2n) is 8.45. The molecule has 1 aliphatic carbocycles. The quantitative estimate of drug-likeness (QED) is 0.871. The first kappa shape index (κ1) is 19.1. The van der Waals surface area contributed by atoms with E-state index in [9.17, 15) is 14.4 Å². The molecule has 4 rings (SSSR count). The van der Waals surface area contributed by atoms with E-state index in [1.165, 1.54) is 0 Å². The molecule has 0 spiro atoms. The second kappa shape index (κ2) is 6.95. The molecule has 6 heteroatoms. The zero-order chi connectivity index (χ0) is 20.8. The fourth-order valence-corrected chi connectivity index (χ4v) is 4.45.